The van der Waals surface area contributed by atoms with Gasteiger partial charge in [0.25, 0.3) is 0 Å². The number of aromatic nitrogens is 2. The Morgan fingerprint density at radius 2 is 1.78 bits per heavy atom. The fraction of sp³-hybridized carbons (Fsp3) is 0.292. The van der Waals surface area contributed by atoms with E-state index in [9.17, 15) is 4.79 Å². The van der Waals surface area contributed by atoms with E-state index in [1.54, 1.807) is 7.11 Å². The number of aryl methyl sites for hydroxylation is 1. The molecule has 2 amide bonds. The van der Waals surface area contributed by atoms with Crippen LogP contribution in [0.25, 0.3) is 11.3 Å². The Morgan fingerprint density at radius 1 is 0.969 bits per heavy atom. The Labute approximate surface area is 188 Å². The van der Waals surface area contributed by atoms with Crippen LogP contribution in [-0.2, 0) is 0 Å². The second-order valence-corrected chi connectivity index (χ2v) is 7.93. The Hall–Kier alpha value is -3.65. The van der Waals surface area contributed by atoms with E-state index in [0.717, 1.165) is 48.8 Å². The molecule has 1 saturated heterocycles. The summed E-state index contributed by atoms with van der Waals surface area (Å²) in [4.78, 5) is 17.1. The van der Waals surface area contributed by atoms with Gasteiger partial charge in [-0.05, 0) is 55.9 Å². The fourth-order valence-corrected chi connectivity index (χ4v) is 3.64. The number of carbonyl (C=O) groups excluding carboxylic acids is 1. The van der Waals surface area contributed by atoms with Gasteiger partial charge < -0.3 is 25.2 Å². The van der Waals surface area contributed by atoms with Crippen molar-refractivity contribution in [1.82, 2.24) is 15.1 Å². The van der Waals surface area contributed by atoms with Crippen molar-refractivity contribution in [2.75, 3.05) is 55.9 Å². The molecule has 32 heavy (non-hydrogen) atoms. The van der Waals surface area contributed by atoms with E-state index in [0.29, 0.717) is 17.1 Å². The lowest BCUT2D eigenvalue weighted by atomic mass is 10.1. The first kappa shape index (κ1) is 21.6. The van der Waals surface area contributed by atoms with Crippen LogP contribution >= 0.6 is 0 Å². The third kappa shape index (κ3) is 5.15. The second-order valence-electron chi connectivity index (χ2n) is 7.93. The number of urea groups is 1. The molecule has 166 valence electrons. The Bertz CT molecular complexity index is 1080. The monoisotopic (exact) mass is 432 g/mol. The maximum absolute atomic E-state index is 12.5. The molecule has 0 unspecified atom stereocenters. The van der Waals surface area contributed by atoms with Gasteiger partial charge in [-0.15, -0.1) is 10.2 Å². The number of nitrogens with one attached hydrogen (secondary N) is 2. The molecular weight excluding hydrogens is 404 g/mol. The minimum Gasteiger partial charge on any atom is -0.495 e. The van der Waals surface area contributed by atoms with Gasteiger partial charge in [0.05, 0.1) is 18.5 Å². The van der Waals surface area contributed by atoms with Crippen molar-refractivity contribution >= 4 is 23.2 Å². The summed E-state index contributed by atoms with van der Waals surface area (Å²) in [6.45, 7) is 5.90. The van der Waals surface area contributed by atoms with E-state index in [4.69, 9.17) is 4.74 Å². The van der Waals surface area contributed by atoms with Crippen molar-refractivity contribution in [1.29, 1.82) is 0 Å². The average Bonchev–Trinajstić information content (AvgIpc) is 2.80. The summed E-state index contributed by atoms with van der Waals surface area (Å²) >= 11 is 0. The van der Waals surface area contributed by atoms with E-state index in [-0.39, 0.29) is 6.03 Å². The summed E-state index contributed by atoms with van der Waals surface area (Å²) < 4.78 is 5.32. The van der Waals surface area contributed by atoms with Crippen molar-refractivity contribution < 1.29 is 9.53 Å². The molecule has 8 nitrogen and oxygen atoms in total. The molecule has 1 aliphatic heterocycles. The van der Waals surface area contributed by atoms with Gasteiger partial charge in [-0.25, -0.2) is 4.79 Å². The first-order valence-electron chi connectivity index (χ1n) is 10.6. The molecule has 0 radical (unpaired) electrons. The highest BCUT2D eigenvalue weighted by molar-refractivity contribution is 6.01. The summed E-state index contributed by atoms with van der Waals surface area (Å²) in [6.07, 6.45) is 0. The molecule has 1 aromatic heterocycles. The van der Waals surface area contributed by atoms with Gasteiger partial charge in [0.1, 0.15) is 5.75 Å². The highest BCUT2D eigenvalue weighted by atomic mass is 16.5. The molecule has 0 saturated carbocycles. The van der Waals surface area contributed by atoms with Crippen LogP contribution in [0.5, 0.6) is 5.75 Å². The second kappa shape index (κ2) is 9.65. The zero-order valence-corrected chi connectivity index (χ0v) is 18.6. The van der Waals surface area contributed by atoms with Gasteiger partial charge in [0.2, 0.25) is 0 Å². The van der Waals surface area contributed by atoms with E-state index >= 15 is 0 Å². The minimum atomic E-state index is -0.345. The van der Waals surface area contributed by atoms with Gasteiger partial charge >= 0.3 is 6.03 Å². The first-order valence-corrected chi connectivity index (χ1v) is 10.6. The lowest BCUT2D eigenvalue weighted by Crippen LogP contribution is -2.44. The third-order valence-corrected chi connectivity index (χ3v) is 5.50. The normalized spacial score (nSPS) is 14.2. The zero-order valence-electron chi connectivity index (χ0n) is 18.6. The number of ether oxygens (including phenoxy) is 1. The van der Waals surface area contributed by atoms with Crippen molar-refractivity contribution in [3.05, 3.63) is 60.2 Å². The standard InChI is InChI=1S/C24H28N6O2/c1-17-7-9-22(32-3)21(15-17)26-24(31)25-19-6-4-5-18(16-19)20-8-10-23(28-27-20)30-13-11-29(2)12-14-30/h4-10,15-16H,11-14H2,1-3H3,(H2,25,26,31). The van der Waals surface area contributed by atoms with Crippen LogP contribution in [0, 0.1) is 6.92 Å². The summed E-state index contributed by atoms with van der Waals surface area (Å²) in [5.74, 6) is 1.50. The molecule has 1 fully saturated rings. The molecule has 0 spiro atoms. The predicted octanol–water partition coefficient (Wildman–Crippen LogP) is 3.86. The van der Waals surface area contributed by atoms with Crippen molar-refractivity contribution in [2.45, 2.75) is 6.92 Å². The third-order valence-electron chi connectivity index (χ3n) is 5.50. The Morgan fingerprint density at radius 3 is 2.50 bits per heavy atom. The van der Waals surface area contributed by atoms with Crippen molar-refractivity contribution in [3.8, 4) is 17.0 Å². The lowest BCUT2D eigenvalue weighted by molar-refractivity contribution is 0.262. The zero-order chi connectivity index (χ0) is 22.5. The number of rotatable bonds is 5. The lowest BCUT2D eigenvalue weighted by Gasteiger charge is -2.32. The number of methoxy groups -OCH3 is 1. The van der Waals surface area contributed by atoms with Crippen LogP contribution in [0.4, 0.5) is 22.0 Å². The molecule has 2 heterocycles. The maximum Gasteiger partial charge on any atom is 0.323 e. The van der Waals surface area contributed by atoms with Crippen molar-refractivity contribution in [3.63, 3.8) is 0 Å². The van der Waals surface area contributed by atoms with Crippen LogP contribution in [0.3, 0.4) is 0 Å². The van der Waals surface area contributed by atoms with Crippen molar-refractivity contribution in [2.24, 2.45) is 0 Å². The molecule has 4 rings (SSSR count). The Kier molecular flexibility index (Phi) is 6.51. The van der Waals surface area contributed by atoms with Gasteiger partial charge in [-0.3, -0.25) is 0 Å². The summed E-state index contributed by atoms with van der Waals surface area (Å²) in [5, 5.41) is 14.6. The number of hydrogen-bond acceptors (Lipinski definition) is 6. The highest BCUT2D eigenvalue weighted by Crippen LogP contribution is 2.26. The summed E-state index contributed by atoms with van der Waals surface area (Å²) in [6, 6.07) is 16.8. The van der Waals surface area contributed by atoms with E-state index in [1.807, 2.05) is 61.5 Å². The number of carbonyl (C=O) groups is 1. The van der Waals surface area contributed by atoms with Gasteiger partial charge in [0, 0.05) is 37.4 Å². The largest absolute Gasteiger partial charge is 0.495 e. The molecule has 0 atom stereocenters. The van der Waals surface area contributed by atoms with Gasteiger partial charge in [-0.1, -0.05) is 18.2 Å². The van der Waals surface area contributed by atoms with Crippen LogP contribution < -0.4 is 20.3 Å². The summed E-state index contributed by atoms with van der Waals surface area (Å²) in [7, 11) is 3.71. The number of benzene rings is 2. The molecule has 0 bridgehead atoms. The molecule has 8 heteroatoms. The molecule has 2 aromatic carbocycles. The average molecular weight is 433 g/mol. The highest BCUT2D eigenvalue weighted by Gasteiger charge is 2.16. The molecular formula is C24H28N6O2. The van der Waals surface area contributed by atoms with Crippen LogP contribution in [0.1, 0.15) is 5.56 Å². The van der Waals surface area contributed by atoms with Crippen LogP contribution in [-0.4, -0.2) is 61.5 Å². The smallest absolute Gasteiger partial charge is 0.323 e. The number of piperazine rings is 1. The Balaban J connectivity index is 1.43. The van der Waals surface area contributed by atoms with Crippen LogP contribution in [0.2, 0.25) is 0 Å². The topological polar surface area (TPSA) is 82.6 Å². The van der Waals surface area contributed by atoms with E-state index in [2.05, 4.69) is 37.7 Å². The predicted molar refractivity (Wildman–Crippen MR) is 128 cm³/mol. The van der Waals surface area contributed by atoms with E-state index < -0.39 is 0 Å². The number of nitrogens with zero attached hydrogens (tertiary/aromatic N) is 4. The number of hydrogen-bond donors (Lipinski definition) is 2. The van der Waals surface area contributed by atoms with Gasteiger partial charge in [-0.2, -0.15) is 0 Å². The summed E-state index contributed by atoms with van der Waals surface area (Å²) in [5.41, 5.74) is 3.95. The molecule has 0 aliphatic carbocycles. The quantitative estimate of drug-likeness (QED) is 0.637. The SMILES string of the molecule is COc1ccc(C)cc1NC(=O)Nc1cccc(-c2ccc(N3CCN(C)CC3)nn2)c1. The maximum atomic E-state index is 12.5. The van der Waals surface area contributed by atoms with Crippen LogP contribution in [0.15, 0.2) is 54.6 Å². The van der Waals surface area contributed by atoms with E-state index in [1.165, 1.54) is 0 Å². The van der Waals surface area contributed by atoms with Gasteiger partial charge in [0.15, 0.2) is 5.82 Å². The first-order chi connectivity index (χ1) is 15.5. The number of likely N-dealkylation sites (N-methyl/N-ethyl adjacent to an activating group) is 1. The molecule has 3 aromatic rings. The molecule has 1 aliphatic rings. The molecule has 2 N–H and O–H groups in total. The number of anilines is 3. The number of amides is 2. The fourth-order valence-electron chi connectivity index (χ4n) is 3.64. The minimum absolute atomic E-state index is 0.345.